The number of rotatable bonds is 0. The number of hydrogen-bond acceptors (Lipinski definition) is 6. The molecule has 0 saturated heterocycles. The van der Waals surface area contributed by atoms with Gasteiger partial charge < -0.3 is 36.9 Å². The van der Waals surface area contributed by atoms with E-state index in [0.29, 0.717) is 0 Å². The summed E-state index contributed by atoms with van der Waals surface area (Å²) >= 11 is 0. The summed E-state index contributed by atoms with van der Waals surface area (Å²) in [5.41, 5.74) is 0. The van der Waals surface area contributed by atoms with Gasteiger partial charge in [-0.05, 0) is 0 Å². The molecule has 0 unspecified atom stereocenters. The minimum absolute atomic E-state index is 0. The van der Waals surface area contributed by atoms with Gasteiger partial charge in [-0.3, -0.25) is 0 Å². The Balaban J connectivity index is 0. The van der Waals surface area contributed by atoms with Crippen LogP contribution in [0, 0.1) is 0 Å². The maximum Gasteiger partial charge on any atom is -0.147 e. The molecule has 0 aromatic carbocycles. The van der Waals surface area contributed by atoms with Gasteiger partial charge in [0, 0.05) is 0 Å². The highest BCUT2D eigenvalue weighted by atomic mass is 35.5. The lowest BCUT2D eigenvalue weighted by Crippen LogP contribution is -0.482. The van der Waals surface area contributed by atoms with E-state index in [1.54, 1.807) is 0 Å². The van der Waals surface area contributed by atoms with Crippen LogP contribution >= 0.6 is 37.2 Å². The Bertz CT molecular complexity index is 8.26. The number of hydrogen-bond donors (Lipinski definition) is 6. The molecule has 0 heterocycles. The first-order chi connectivity index (χ1) is 0. The van der Waals surface area contributed by atoms with E-state index in [9.17, 15) is 0 Å². The zero-order valence-electron chi connectivity index (χ0n) is 5.47. The van der Waals surface area contributed by atoms with Crippen LogP contribution in [0.2, 0.25) is 0 Å². The summed E-state index contributed by atoms with van der Waals surface area (Å²) in [4.78, 5) is 0. The van der Waals surface area contributed by atoms with Crippen LogP contribution in [0.15, 0.2) is 0 Å². The lowest BCUT2D eigenvalue weighted by atomic mass is 14.0. The second-order valence-corrected chi connectivity index (χ2v) is 0. The van der Waals surface area contributed by atoms with Gasteiger partial charge in [-0.1, -0.05) is 0 Å². The Morgan fingerprint density at radius 2 is 0.222 bits per heavy atom. The Morgan fingerprint density at radius 1 is 0.222 bits per heavy atom. The van der Waals surface area contributed by atoms with Crippen molar-refractivity contribution in [2.45, 2.75) is 0 Å². The zero-order chi connectivity index (χ0) is 0. The molecule has 0 aliphatic carbocycles. The fourth-order valence-corrected chi connectivity index (χ4v) is 0. The fraction of sp³-hybridized carbons (Fsp3) is 0. The summed E-state index contributed by atoms with van der Waals surface area (Å²) in [5, 5.41) is 0. The Morgan fingerprint density at radius 3 is 0.222 bits per heavy atom. The quantitative estimate of drug-likeness (QED) is 0.353. The summed E-state index contributed by atoms with van der Waals surface area (Å²) in [6.45, 7) is 0. The first-order valence-corrected chi connectivity index (χ1v) is 0. The van der Waals surface area contributed by atoms with Gasteiger partial charge in [-0.25, -0.2) is 0 Å². The summed E-state index contributed by atoms with van der Waals surface area (Å²) in [5.74, 6) is 0. The fourth-order valence-electron chi connectivity index (χ4n) is 0. The molecule has 0 atom stereocenters. The highest BCUT2D eigenvalue weighted by Gasteiger charge is -0.144. The molecule has 9 heteroatoms. The van der Waals surface area contributed by atoms with Crippen molar-refractivity contribution in [2.24, 2.45) is 0 Å². The van der Waals surface area contributed by atoms with E-state index in [4.69, 9.17) is 0 Å². The standard InChI is InChI=1S/3ClH.6H3N/h3*1H;6*1H3. The molecule has 0 amide bonds. The lowest BCUT2D eigenvalue weighted by molar-refractivity contribution is 2.13. The van der Waals surface area contributed by atoms with E-state index < -0.39 is 0 Å². The third-order valence-corrected chi connectivity index (χ3v) is 0. The van der Waals surface area contributed by atoms with Gasteiger partial charge in [0.2, 0.25) is 0 Å². The van der Waals surface area contributed by atoms with Gasteiger partial charge in [0.15, 0.2) is 0 Å². The van der Waals surface area contributed by atoms with Crippen LogP contribution in [0.25, 0.3) is 0 Å². The van der Waals surface area contributed by atoms with Crippen LogP contribution in [-0.4, -0.2) is 0 Å². The van der Waals surface area contributed by atoms with E-state index in [0.717, 1.165) is 0 Å². The van der Waals surface area contributed by atoms with Crippen molar-refractivity contribution in [3.63, 3.8) is 0 Å². The Kier molecular flexibility index (Phi) is 254000. The maximum atomic E-state index is 0. The minimum Gasteiger partial charge on any atom is -0.344 e. The molecule has 0 spiro atoms. The highest BCUT2D eigenvalue weighted by Crippen LogP contribution is 0.692. The Hall–Kier alpha value is 0.630. The van der Waals surface area contributed by atoms with Gasteiger partial charge >= 0.3 is 0 Å². The minimum atomic E-state index is 0. The molecule has 0 radical (unpaired) electrons. The van der Waals surface area contributed by atoms with Crippen molar-refractivity contribution >= 4 is 37.2 Å². The molecule has 0 fully saturated rings. The molecule has 0 rings (SSSR count). The van der Waals surface area contributed by atoms with Crippen LogP contribution in [0.3, 0.4) is 0 Å². The van der Waals surface area contributed by atoms with E-state index in [1.165, 1.54) is 0 Å². The summed E-state index contributed by atoms with van der Waals surface area (Å²) in [7, 11) is 0. The van der Waals surface area contributed by atoms with Crippen LogP contribution < -0.4 is 36.9 Å². The molecule has 0 aromatic heterocycles. The van der Waals surface area contributed by atoms with Crippen molar-refractivity contribution in [1.82, 2.24) is 36.9 Å². The van der Waals surface area contributed by atoms with Crippen LogP contribution in [0.1, 0.15) is 0 Å². The van der Waals surface area contributed by atoms with Gasteiger partial charge in [0.25, 0.3) is 0 Å². The SMILES string of the molecule is Cl.Cl.Cl.N.N.N.N.N.N. The molecular weight excluding hydrogens is 190 g/mol. The topological polar surface area (TPSA) is 210 Å². The normalized spacial score (nSPS) is 0. The van der Waals surface area contributed by atoms with E-state index in [-0.39, 0.29) is 74.1 Å². The van der Waals surface area contributed by atoms with Crippen molar-refractivity contribution in [1.29, 1.82) is 0 Å². The average Bonchev–Trinajstić information content (AvgIpc) is 0. The predicted octanol–water partition coefficient (Wildman–Crippen LogP) is 2.24. The van der Waals surface area contributed by atoms with Gasteiger partial charge in [0.05, 0.1) is 0 Å². The molecule has 0 bridgehead atoms. The molecule has 0 aliphatic heterocycles. The average molecular weight is 212 g/mol. The van der Waals surface area contributed by atoms with Crippen molar-refractivity contribution < 1.29 is 0 Å². The first-order valence-electron chi connectivity index (χ1n) is 0. The van der Waals surface area contributed by atoms with Crippen molar-refractivity contribution in [3.05, 3.63) is 0 Å². The third-order valence-electron chi connectivity index (χ3n) is 0. The molecular formula is H21Cl3N6. The summed E-state index contributed by atoms with van der Waals surface area (Å²) in [6, 6.07) is 0. The largest absolute Gasteiger partial charge is 0.344 e. The molecule has 6 nitrogen and oxygen atoms in total. The highest BCUT2D eigenvalue weighted by molar-refractivity contribution is 5.86. The maximum absolute atomic E-state index is 0. The molecule has 9 heavy (non-hydrogen) atoms. The molecule has 18 N–H and O–H groups in total. The third kappa shape index (κ3) is 956. The molecule has 0 aromatic rings. The van der Waals surface area contributed by atoms with Gasteiger partial charge in [-0.2, -0.15) is 0 Å². The first kappa shape index (κ1) is 1810. The second kappa shape index (κ2) is 1270. The zero-order valence-corrected chi connectivity index (χ0v) is 7.92. The second-order valence-electron chi connectivity index (χ2n) is 0. The van der Waals surface area contributed by atoms with E-state index >= 15 is 0 Å². The van der Waals surface area contributed by atoms with Crippen molar-refractivity contribution in [3.8, 4) is 0 Å². The van der Waals surface area contributed by atoms with Gasteiger partial charge in [-0.15, -0.1) is 37.2 Å². The Labute approximate surface area is 74.6 Å². The van der Waals surface area contributed by atoms with Crippen LogP contribution in [0.4, 0.5) is 0 Å². The summed E-state index contributed by atoms with van der Waals surface area (Å²) in [6.07, 6.45) is 0. The smallest absolute Gasteiger partial charge is 0.147 e. The van der Waals surface area contributed by atoms with Crippen LogP contribution in [-0.2, 0) is 0 Å². The van der Waals surface area contributed by atoms with Gasteiger partial charge in [0.1, 0.15) is 0 Å². The van der Waals surface area contributed by atoms with E-state index in [2.05, 4.69) is 0 Å². The molecule has 0 saturated carbocycles. The summed E-state index contributed by atoms with van der Waals surface area (Å²) < 4.78 is 0. The van der Waals surface area contributed by atoms with Crippen LogP contribution in [0.5, 0.6) is 0 Å². The van der Waals surface area contributed by atoms with Crippen molar-refractivity contribution in [2.75, 3.05) is 0 Å². The lowest BCUT2D eigenvalue weighted by Gasteiger charge is -0.345. The van der Waals surface area contributed by atoms with E-state index in [1.807, 2.05) is 0 Å². The predicted molar refractivity (Wildman–Crippen MR) is 51.9 cm³/mol. The molecule has 0 aliphatic rings. The molecule has 72 valence electrons. The monoisotopic (exact) mass is 210 g/mol. The number of halogens is 3.